The lowest BCUT2D eigenvalue weighted by Crippen LogP contribution is -2.56. The normalized spacial score (nSPS) is 14.5. The van der Waals surface area contributed by atoms with Crippen LogP contribution in [0.15, 0.2) is 60.9 Å². The van der Waals surface area contributed by atoms with Crippen molar-refractivity contribution >= 4 is 45.8 Å². The molecule has 16 nitrogen and oxygen atoms in total. The molecule has 16 heteroatoms. The first-order chi connectivity index (χ1) is 25.1. The van der Waals surface area contributed by atoms with Crippen molar-refractivity contribution in [1.29, 1.82) is 0 Å². The molecule has 0 saturated carbocycles. The van der Waals surface area contributed by atoms with E-state index in [1.165, 1.54) is 0 Å². The Labute approximate surface area is 301 Å². The van der Waals surface area contributed by atoms with Crippen LogP contribution in [-0.2, 0) is 41.7 Å². The van der Waals surface area contributed by atoms with Crippen LogP contribution in [0.4, 0.5) is 0 Å². The van der Waals surface area contributed by atoms with Crippen LogP contribution < -0.4 is 32.2 Å². The number of aromatic nitrogens is 2. The van der Waals surface area contributed by atoms with E-state index in [0.717, 1.165) is 32.9 Å². The average Bonchev–Trinajstić information content (AvgIpc) is 3.75. The number of aliphatic hydroxyl groups is 2. The van der Waals surface area contributed by atoms with Crippen LogP contribution in [0.3, 0.4) is 0 Å². The maximum atomic E-state index is 13.4. The van der Waals surface area contributed by atoms with Crippen molar-refractivity contribution in [2.75, 3.05) is 33.0 Å². The lowest BCUT2D eigenvalue weighted by Gasteiger charge is -2.27. The number of hydroxylamine groups is 2. The molecule has 0 aliphatic heterocycles. The minimum absolute atomic E-state index is 0.00901. The minimum Gasteiger partial charge on any atom is -0.394 e. The SMILES string of the molecule is CC(CONC(Cc1c[nH]c2ccccc12)NC(Cc1c[nH]c2ccccc12)C(=O)NCC=O)NC(=O)C(CO)NOCC(CO)NC(=O)C(C)C. The molecule has 0 bridgehead atoms. The number of aromatic amines is 2. The van der Waals surface area contributed by atoms with E-state index >= 15 is 0 Å². The van der Waals surface area contributed by atoms with Gasteiger partial charge in [0.25, 0.3) is 0 Å². The van der Waals surface area contributed by atoms with E-state index in [1.54, 1.807) is 20.8 Å². The van der Waals surface area contributed by atoms with Gasteiger partial charge < -0.3 is 40.9 Å². The van der Waals surface area contributed by atoms with Gasteiger partial charge in [0.2, 0.25) is 17.7 Å². The Morgan fingerprint density at radius 2 is 1.37 bits per heavy atom. The molecule has 0 fully saturated rings. The van der Waals surface area contributed by atoms with Crippen LogP contribution in [0.5, 0.6) is 0 Å². The minimum atomic E-state index is -1.14. The molecule has 0 radical (unpaired) electrons. The monoisotopic (exact) mass is 722 g/mol. The van der Waals surface area contributed by atoms with Gasteiger partial charge >= 0.3 is 0 Å². The highest BCUT2D eigenvalue weighted by Crippen LogP contribution is 2.21. The fraction of sp³-hybridized carbons (Fsp3) is 0.444. The van der Waals surface area contributed by atoms with E-state index in [4.69, 9.17) is 9.68 Å². The van der Waals surface area contributed by atoms with Crippen LogP contribution >= 0.6 is 0 Å². The summed E-state index contributed by atoms with van der Waals surface area (Å²) in [4.78, 5) is 67.0. The molecular formula is C36H50N8O8. The molecule has 0 aliphatic carbocycles. The molecule has 5 atom stereocenters. The molecule has 2 heterocycles. The lowest BCUT2D eigenvalue weighted by atomic mass is 10.0. The third-order valence-electron chi connectivity index (χ3n) is 8.32. The summed E-state index contributed by atoms with van der Waals surface area (Å²) >= 11 is 0. The van der Waals surface area contributed by atoms with Crippen LogP contribution in [0.1, 0.15) is 31.9 Å². The maximum absolute atomic E-state index is 13.4. The number of para-hydroxylation sites is 2. The second-order valence-electron chi connectivity index (χ2n) is 12.9. The van der Waals surface area contributed by atoms with Crippen LogP contribution in [0, 0.1) is 5.92 Å². The highest BCUT2D eigenvalue weighted by molar-refractivity contribution is 5.87. The third-order valence-corrected chi connectivity index (χ3v) is 8.32. The van der Waals surface area contributed by atoms with E-state index in [9.17, 15) is 29.4 Å². The molecule has 4 aromatic rings. The van der Waals surface area contributed by atoms with Gasteiger partial charge in [0.05, 0.1) is 57.3 Å². The number of carbonyl (C=O) groups is 4. The summed E-state index contributed by atoms with van der Waals surface area (Å²) < 4.78 is 0. The molecule has 282 valence electrons. The Morgan fingerprint density at radius 3 is 1.96 bits per heavy atom. The smallest absolute Gasteiger partial charge is 0.242 e. The van der Waals surface area contributed by atoms with Crippen molar-refractivity contribution in [1.82, 2.24) is 42.2 Å². The van der Waals surface area contributed by atoms with E-state index in [0.29, 0.717) is 19.1 Å². The zero-order valence-corrected chi connectivity index (χ0v) is 29.6. The zero-order valence-electron chi connectivity index (χ0n) is 29.6. The number of H-pyrrole nitrogens is 2. The van der Waals surface area contributed by atoms with Crippen molar-refractivity contribution in [3.8, 4) is 0 Å². The van der Waals surface area contributed by atoms with Gasteiger partial charge in [0, 0.05) is 46.5 Å². The second kappa shape index (κ2) is 20.4. The van der Waals surface area contributed by atoms with Crippen LogP contribution in [-0.4, -0.2) is 107 Å². The summed E-state index contributed by atoms with van der Waals surface area (Å²) in [5, 5.41) is 32.8. The molecule has 2 aromatic carbocycles. The number of aliphatic hydroxyl groups excluding tert-OH is 2. The van der Waals surface area contributed by atoms with Gasteiger partial charge in [-0.05, 0) is 36.6 Å². The number of rotatable bonds is 23. The van der Waals surface area contributed by atoms with Crippen molar-refractivity contribution < 1.29 is 39.1 Å². The summed E-state index contributed by atoms with van der Waals surface area (Å²) in [7, 11) is 0. The average molecular weight is 723 g/mol. The Hall–Kier alpha value is -4.68. The fourth-order valence-corrected chi connectivity index (χ4v) is 5.50. The van der Waals surface area contributed by atoms with Crippen molar-refractivity contribution in [2.24, 2.45) is 5.92 Å². The molecule has 5 unspecified atom stereocenters. The Bertz CT molecular complexity index is 1740. The number of carbonyl (C=O) groups excluding carboxylic acids is 4. The van der Waals surface area contributed by atoms with Gasteiger partial charge in [0.1, 0.15) is 12.3 Å². The number of amides is 3. The number of hydrogen-bond donors (Lipinski definition) is 10. The molecule has 0 aliphatic rings. The van der Waals surface area contributed by atoms with Crippen LogP contribution in [0.2, 0.25) is 0 Å². The lowest BCUT2D eigenvalue weighted by molar-refractivity contribution is -0.132. The first-order valence-corrected chi connectivity index (χ1v) is 17.3. The van der Waals surface area contributed by atoms with Crippen molar-refractivity contribution in [3.63, 3.8) is 0 Å². The number of hydrogen-bond acceptors (Lipinski definition) is 11. The summed E-state index contributed by atoms with van der Waals surface area (Å²) in [5.74, 6) is -1.47. The Balaban J connectivity index is 1.39. The van der Waals surface area contributed by atoms with Gasteiger partial charge in [-0.3, -0.25) is 29.4 Å². The van der Waals surface area contributed by atoms with Gasteiger partial charge in [-0.1, -0.05) is 50.2 Å². The third kappa shape index (κ3) is 11.7. The predicted octanol–water partition coefficient (Wildman–Crippen LogP) is 0.0749. The fourth-order valence-electron chi connectivity index (χ4n) is 5.50. The van der Waals surface area contributed by atoms with Gasteiger partial charge in [-0.2, -0.15) is 11.0 Å². The Kier molecular flexibility index (Phi) is 15.7. The maximum Gasteiger partial charge on any atom is 0.242 e. The molecule has 10 N–H and O–H groups in total. The number of nitrogens with one attached hydrogen (secondary N) is 8. The molecule has 2 aromatic heterocycles. The molecular weight excluding hydrogens is 672 g/mol. The Morgan fingerprint density at radius 1 is 0.750 bits per heavy atom. The van der Waals surface area contributed by atoms with Gasteiger partial charge in [0.15, 0.2) is 0 Å². The zero-order chi connectivity index (χ0) is 37.5. The molecule has 0 spiro atoms. The molecule has 4 rings (SSSR count). The van der Waals surface area contributed by atoms with E-state index in [1.807, 2.05) is 60.9 Å². The highest BCUT2D eigenvalue weighted by atomic mass is 16.7. The highest BCUT2D eigenvalue weighted by Gasteiger charge is 2.26. The summed E-state index contributed by atoms with van der Waals surface area (Å²) in [6, 6.07) is 12.5. The quantitative estimate of drug-likeness (QED) is 0.0280. The number of fused-ring (bicyclic) bond motifs is 2. The van der Waals surface area contributed by atoms with Crippen molar-refractivity contribution in [3.05, 3.63) is 72.1 Å². The number of aldehydes is 1. The second-order valence-corrected chi connectivity index (χ2v) is 12.9. The standard InChI is InChI=1S/C36H50N8O8/c1-22(2)34(48)41-26(18-46)21-52-43-32(19-47)36(50)40-23(3)20-51-44-33(15-25-17-39-30-11-7-5-9-28(25)30)42-31(35(49)37-12-13-45)14-24-16-38-29-10-6-4-8-27(24)29/h4-11,13,16-17,22-23,26,31-33,38-39,42-44,46-47H,12,14-15,18-21H2,1-3H3,(H,37,49)(H,40,50)(H,41,48). The van der Waals surface area contributed by atoms with Crippen LogP contribution in [0.25, 0.3) is 21.8 Å². The molecule has 3 amide bonds. The summed E-state index contributed by atoms with van der Waals surface area (Å²) in [6.45, 7) is 3.93. The first-order valence-electron chi connectivity index (χ1n) is 17.3. The largest absolute Gasteiger partial charge is 0.394 e. The molecule has 0 saturated heterocycles. The molecule has 52 heavy (non-hydrogen) atoms. The number of benzene rings is 2. The van der Waals surface area contributed by atoms with E-state index in [-0.39, 0.29) is 44.1 Å². The van der Waals surface area contributed by atoms with Gasteiger partial charge in [-0.15, -0.1) is 0 Å². The van der Waals surface area contributed by atoms with E-state index in [2.05, 4.69) is 42.2 Å². The summed E-state index contributed by atoms with van der Waals surface area (Å²) in [5.41, 5.74) is 9.27. The van der Waals surface area contributed by atoms with Crippen molar-refractivity contribution in [2.45, 2.75) is 63.9 Å². The van der Waals surface area contributed by atoms with E-state index < -0.39 is 42.8 Å². The predicted molar refractivity (Wildman–Crippen MR) is 194 cm³/mol. The summed E-state index contributed by atoms with van der Waals surface area (Å²) in [6.07, 6.45) is 4.50. The topological polar surface area (TPSA) is 231 Å². The van der Waals surface area contributed by atoms with Gasteiger partial charge in [-0.25, -0.2) is 0 Å². The first kappa shape index (κ1) is 40.1.